The van der Waals surface area contributed by atoms with E-state index in [1.54, 1.807) is 0 Å². The molecule has 0 aromatic heterocycles. The summed E-state index contributed by atoms with van der Waals surface area (Å²) in [6.07, 6.45) is 1.20. The zero-order valence-corrected chi connectivity index (χ0v) is 11.6. The molecule has 3 N–H and O–H groups in total. The van der Waals surface area contributed by atoms with Gasteiger partial charge in [-0.25, -0.2) is 9.86 Å². The Hall–Kier alpha value is -2.08. The minimum absolute atomic E-state index is 0.315. The summed E-state index contributed by atoms with van der Waals surface area (Å²) in [5, 5.41) is 15.4. The van der Waals surface area contributed by atoms with E-state index in [9.17, 15) is 14.8 Å². The van der Waals surface area contributed by atoms with Crippen molar-refractivity contribution in [3.05, 3.63) is 29.3 Å². The molecule has 6 nitrogen and oxygen atoms in total. The maximum atomic E-state index is 12.0. The highest BCUT2D eigenvalue weighted by atomic mass is 16.5. The van der Waals surface area contributed by atoms with Crippen LogP contribution >= 0.6 is 0 Å². The van der Waals surface area contributed by atoms with E-state index in [0.717, 1.165) is 16.8 Å². The number of nitrogens with zero attached hydrogens (tertiary/aromatic N) is 1. The Bertz CT molecular complexity index is 510. The van der Waals surface area contributed by atoms with Gasteiger partial charge in [0.1, 0.15) is 6.04 Å². The lowest BCUT2D eigenvalue weighted by molar-refractivity contribution is -0.172. The zero-order valence-electron chi connectivity index (χ0n) is 11.6. The smallest absolute Gasteiger partial charge is 0.319 e. The molecule has 20 heavy (non-hydrogen) atoms. The molecular formula is C14H19N3O3. The second kappa shape index (κ2) is 5.92. The molecule has 108 valence electrons. The second-order valence-corrected chi connectivity index (χ2v) is 5.02. The zero-order chi connectivity index (χ0) is 14.7. The Morgan fingerprint density at radius 1 is 1.35 bits per heavy atom. The van der Waals surface area contributed by atoms with Crippen LogP contribution in [0.2, 0.25) is 0 Å². The topological polar surface area (TPSA) is 81.7 Å². The van der Waals surface area contributed by atoms with E-state index in [1.807, 2.05) is 32.0 Å². The summed E-state index contributed by atoms with van der Waals surface area (Å²) >= 11 is 0. The van der Waals surface area contributed by atoms with Gasteiger partial charge in [-0.15, -0.1) is 0 Å². The molecule has 1 atom stereocenters. The van der Waals surface area contributed by atoms with Gasteiger partial charge in [-0.3, -0.25) is 10.0 Å². The first-order valence-corrected chi connectivity index (χ1v) is 6.63. The van der Waals surface area contributed by atoms with E-state index in [-0.39, 0.29) is 0 Å². The highest BCUT2D eigenvalue weighted by Gasteiger charge is 2.29. The molecule has 1 unspecified atom stereocenters. The third-order valence-corrected chi connectivity index (χ3v) is 3.44. The number of urea groups is 1. The number of anilines is 1. The normalized spacial score (nSPS) is 18.9. The first-order valence-electron chi connectivity index (χ1n) is 6.63. The number of hydrogen-bond acceptors (Lipinski definition) is 3. The summed E-state index contributed by atoms with van der Waals surface area (Å²) in [6.45, 7) is 4.13. The van der Waals surface area contributed by atoms with Crippen molar-refractivity contribution in [2.24, 2.45) is 0 Å². The average molecular weight is 277 g/mol. The van der Waals surface area contributed by atoms with Crippen molar-refractivity contribution in [1.29, 1.82) is 0 Å². The Morgan fingerprint density at radius 3 is 2.65 bits per heavy atom. The lowest BCUT2D eigenvalue weighted by Crippen LogP contribution is -2.52. The minimum Gasteiger partial charge on any atom is -0.326 e. The molecular weight excluding hydrogens is 258 g/mol. The molecule has 0 aliphatic carbocycles. The van der Waals surface area contributed by atoms with E-state index in [0.29, 0.717) is 24.4 Å². The predicted molar refractivity (Wildman–Crippen MR) is 74.6 cm³/mol. The molecule has 2 rings (SSSR count). The fourth-order valence-electron chi connectivity index (χ4n) is 2.31. The molecule has 0 radical (unpaired) electrons. The van der Waals surface area contributed by atoms with Crippen molar-refractivity contribution < 1.29 is 14.8 Å². The van der Waals surface area contributed by atoms with Crippen LogP contribution in [0.4, 0.5) is 10.5 Å². The fraction of sp³-hybridized carbons (Fsp3) is 0.429. The SMILES string of the molecule is Cc1cccc(C)c1NC(=O)NC1CCCN(O)C1=O. The monoisotopic (exact) mass is 277 g/mol. The molecule has 1 aromatic rings. The van der Waals surface area contributed by atoms with Crippen molar-refractivity contribution in [2.75, 3.05) is 11.9 Å². The second-order valence-electron chi connectivity index (χ2n) is 5.02. The molecule has 6 heteroatoms. The van der Waals surface area contributed by atoms with Gasteiger partial charge in [0.25, 0.3) is 5.91 Å². The van der Waals surface area contributed by atoms with Crippen LogP contribution in [-0.2, 0) is 4.79 Å². The van der Waals surface area contributed by atoms with Crippen LogP contribution in [0.5, 0.6) is 0 Å². The molecule has 1 aliphatic heterocycles. The maximum absolute atomic E-state index is 12.0. The van der Waals surface area contributed by atoms with Gasteiger partial charge in [0, 0.05) is 12.2 Å². The van der Waals surface area contributed by atoms with Gasteiger partial charge in [0.15, 0.2) is 0 Å². The lowest BCUT2D eigenvalue weighted by Gasteiger charge is -2.28. The Labute approximate surface area is 117 Å². The number of benzene rings is 1. The molecule has 1 aliphatic rings. The summed E-state index contributed by atoms with van der Waals surface area (Å²) in [6, 6.07) is 4.63. The van der Waals surface area contributed by atoms with Crippen LogP contribution in [0.15, 0.2) is 18.2 Å². The first kappa shape index (κ1) is 14.3. The van der Waals surface area contributed by atoms with Crippen LogP contribution in [0.25, 0.3) is 0 Å². The van der Waals surface area contributed by atoms with Crippen LogP contribution in [0.3, 0.4) is 0 Å². The van der Waals surface area contributed by atoms with E-state index >= 15 is 0 Å². The van der Waals surface area contributed by atoms with E-state index in [1.165, 1.54) is 0 Å². The number of nitrogens with one attached hydrogen (secondary N) is 2. The number of hydroxylamine groups is 2. The summed E-state index contributed by atoms with van der Waals surface area (Å²) in [5.74, 6) is -0.465. The average Bonchev–Trinajstić information content (AvgIpc) is 2.39. The number of piperidine rings is 1. The third-order valence-electron chi connectivity index (χ3n) is 3.44. The number of hydrogen-bond donors (Lipinski definition) is 3. The molecule has 3 amide bonds. The number of aryl methyl sites for hydroxylation is 2. The summed E-state index contributed by atoms with van der Waals surface area (Å²) in [7, 11) is 0. The van der Waals surface area contributed by atoms with Gasteiger partial charge in [0.2, 0.25) is 0 Å². The van der Waals surface area contributed by atoms with Crippen LogP contribution in [0, 0.1) is 13.8 Å². The highest BCUT2D eigenvalue weighted by Crippen LogP contribution is 2.19. The van der Waals surface area contributed by atoms with Gasteiger partial charge >= 0.3 is 6.03 Å². The molecule has 0 saturated carbocycles. The fourth-order valence-corrected chi connectivity index (χ4v) is 2.31. The highest BCUT2D eigenvalue weighted by molar-refractivity contribution is 5.94. The Balaban J connectivity index is 2.01. The van der Waals surface area contributed by atoms with Gasteiger partial charge < -0.3 is 10.6 Å². The Kier molecular flexibility index (Phi) is 4.24. The molecule has 0 spiro atoms. The van der Waals surface area contributed by atoms with Gasteiger partial charge in [0.05, 0.1) is 0 Å². The lowest BCUT2D eigenvalue weighted by atomic mass is 10.1. The standard InChI is InChI=1S/C14H19N3O3/c1-9-5-3-6-10(2)12(9)16-14(19)15-11-7-4-8-17(20)13(11)18/h3,5-6,11,20H,4,7-8H2,1-2H3,(H2,15,16,19). The van der Waals surface area contributed by atoms with Crippen LogP contribution < -0.4 is 10.6 Å². The number of para-hydroxylation sites is 1. The Morgan fingerprint density at radius 2 is 2.00 bits per heavy atom. The van der Waals surface area contributed by atoms with E-state index < -0.39 is 18.0 Å². The van der Waals surface area contributed by atoms with E-state index in [4.69, 9.17) is 0 Å². The third kappa shape index (κ3) is 3.08. The van der Waals surface area contributed by atoms with Gasteiger partial charge in [-0.1, -0.05) is 18.2 Å². The summed E-state index contributed by atoms with van der Waals surface area (Å²) < 4.78 is 0. The van der Waals surface area contributed by atoms with Crippen molar-refractivity contribution in [2.45, 2.75) is 32.7 Å². The molecule has 1 aromatic carbocycles. The minimum atomic E-state index is -0.668. The number of carbonyl (C=O) groups excluding carboxylic acids is 2. The summed E-state index contributed by atoms with van der Waals surface area (Å²) in [5.41, 5.74) is 2.66. The van der Waals surface area contributed by atoms with Crippen LogP contribution in [-0.4, -0.2) is 34.8 Å². The van der Waals surface area contributed by atoms with Crippen molar-refractivity contribution in [3.63, 3.8) is 0 Å². The van der Waals surface area contributed by atoms with Gasteiger partial charge in [-0.05, 0) is 37.8 Å². The first-order chi connectivity index (χ1) is 9.49. The maximum Gasteiger partial charge on any atom is 0.319 e. The molecule has 0 bridgehead atoms. The predicted octanol–water partition coefficient (Wildman–Crippen LogP) is 1.81. The largest absolute Gasteiger partial charge is 0.326 e. The molecule has 1 heterocycles. The quantitative estimate of drug-likeness (QED) is 0.721. The van der Waals surface area contributed by atoms with Crippen molar-refractivity contribution >= 4 is 17.6 Å². The molecule has 1 fully saturated rings. The number of rotatable bonds is 2. The number of amides is 3. The van der Waals surface area contributed by atoms with E-state index in [2.05, 4.69) is 10.6 Å². The molecule has 1 saturated heterocycles. The number of carbonyl (C=O) groups is 2. The van der Waals surface area contributed by atoms with Crippen molar-refractivity contribution in [1.82, 2.24) is 10.4 Å². The van der Waals surface area contributed by atoms with Crippen molar-refractivity contribution in [3.8, 4) is 0 Å². The van der Waals surface area contributed by atoms with Crippen LogP contribution in [0.1, 0.15) is 24.0 Å². The summed E-state index contributed by atoms with van der Waals surface area (Å²) in [4.78, 5) is 23.6. The van der Waals surface area contributed by atoms with Gasteiger partial charge in [-0.2, -0.15) is 0 Å².